The predicted octanol–water partition coefficient (Wildman–Crippen LogP) is 6.27. The number of halogens is 1. The summed E-state index contributed by atoms with van der Waals surface area (Å²) in [5.74, 6) is 1.50. The van der Waals surface area contributed by atoms with Crippen LogP contribution in [0.4, 0.5) is 0 Å². The zero-order valence-electron chi connectivity index (χ0n) is 14.5. The molecule has 3 nitrogen and oxygen atoms in total. The molecule has 0 atom stereocenters. The smallest absolute Gasteiger partial charge is 0.159 e. The summed E-state index contributed by atoms with van der Waals surface area (Å²) in [6.45, 7) is 3.01. The number of rotatable bonds is 11. The van der Waals surface area contributed by atoms with E-state index in [4.69, 9.17) is 4.74 Å². The third kappa shape index (κ3) is 7.16. The first-order chi connectivity index (χ1) is 11.8. The van der Waals surface area contributed by atoms with Crippen LogP contribution in [-0.2, 0) is 0 Å². The molecule has 2 rings (SSSR count). The zero-order chi connectivity index (χ0) is 17.0. The first kappa shape index (κ1) is 19.2. The lowest BCUT2D eigenvalue weighted by molar-refractivity contribution is 0.302. The topological polar surface area (TPSA) is 35.0 Å². The Bertz CT molecular complexity index is 569. The van der Waals surface area contributed by atoms with Gasteiger partial charge in [0.25, 0.3) is 0 Å². The summed E-state index contributed by atoms with van der Waals surface area (Å²) in [6, 6.07) is 8.20. The lowest BCUT2D eigenvalue weighted by atomic mass is 10.1. The van der Waals surface area contributed by atoms with E-state index in [1.54, 1.807) is 12.4 Å². The van der Waals surface area contributed by atoms with Gasteiger partial charge in [-0.05, 0) is 41.1 Å². The minimum Gasteiger partial charge on any atom is -0.490 e. The average Bonchev–Trinajstić information content (AvgIpc) is 2.62. The van der Waals surface area contributed by atoms with E-state index in [9.17, 15) is 0 Å². The van der Waals surface area contributed by atoms with Crippen LogP contribution in [0.1, 0.15) is 58.3 Å². The van der Waals surface area contributed by atoms with Gasteiger partial charge in [-0.25, -0.2) is 9.97 Å². The molecule has 0 N–H and O–H groups in total. The van der Waals surface area contributed by atoms with E-state index in [-0.39, 0.29) is 0 Å². The van der Waals surface area contributed by atoms with Crippen molar-refractivity contribution in [3.8, 4) is 17.1 Å². The maximum absolute atomic E-state index is 5.73. The number of hydrogen-bond acceptors (Lipinski definition) is 3. The van der Waals surface area contributed by atoms with Gasteiger partial charge in [-0.1, -0.05) is 64.0 Å². The molecular weight excluding hydrogens is 411 g/mol. The van der Waals surface area contributed by atoms with Crippen molar-refractivity contribution in [1.29, 1.82) is 0 Å². The number of aromatic nitrogens is 2. The first-order valence-electron chi connectivity index (χ1n) is 9.00. The van der Waals surface area contributed by atoms with E-state index >= 15 is 0 Å². The minimum atomic E-state index is 0.742. The van der Waals surface area contributed by atoms with Crippen molar-refractivity contribution in [2.45, 2.75) is 58.3 Å². The van der Waals surface area contributed by atoms with Gasteiger partial charge in [0.15, 0.2) is 11.6 Å². The summed E-state index contributed by atoms with van der Waals surface area (Å²) in [6.07, 6.45) is 14.0. The second kappa shape index (κ2) is 11.4. The van der Waals surface area contributed by atoms with Crippen LogP contribution in [0.3, 0.4) is 0 Å². The Morgan fingerprint density at radius 3 is 2.04 bits per heavy atom. The van der Waals surface area contributed by atoms with E-state index in [1.807, 2.05) is 12.1 Å². The van der Waals surface area contributed by atoms with Crippen LogP contribution in [0.15, 0.2) is 36.7 Å². The lowest BCUT2D eigenvalue weighted by Gasteiger charge is -2.06. The van der Waals surface area contributed by atoms with Crippen molar-refractivity contribution >= 4 is 22.6 Å². The Kier molecular flexibility index (Phi) is 9.10. The molecule has 0 aliphatic heterocycles. The second-order valence-corrected chi connectivity index (χ2v) is 7.32. The Morgan fingerprint density at radius 1 is 0.833 bits per heavy atom. The van der Waals surface area contributed by atoms with E-state index in [2.05, 4.69) is 51.6 Å². The van der Waals surface area contributed by atoms with Crippen molar-refractivity contribution in [3.05, 3.63) is 40.2 Å². The van der Waals surface area contributed by atoms with Gasteiger partial charge in [0.05, 0.1) is 19.0 Å². The molecule has 0 radical (unpaired) electrons. The first-order valence-corrected chi connectivity index (χ1v) is 10.1. The van der Waals surface area contributed by atoms with Crippen LogP contribution in [0.2, 0.25) is 0 Å². The summed E-state index contributed by atoms with van der Waals surface area (Å²) in [4.78, 5) is 8.79. The molecule has 0 saturated carbocycles. The number of hydrogen-bond donors (Lipinski definition) is 0. The van der Waals surface area contributed by atoms with Gasteiger partial charge in [-0.15, -0.1) is 0 Å². The molecule has 1 heterocycles. The van der Waals surface area contributed by atoms with Crippen LogP contribution >= 0.6 is 22.6 Å². The quantitative estimate of drug-likeness (QED) is 0.307. The highest BCUT2D eigenvalue weighted by molar-refractivity contribution is 14.1. The SMILES string of the molecule is CCCCCCCCCCOc1cnc(-c2ccc(I)cc2)nc1. The summed E-state index contributed by atoms with van der Waals surface area (Å²) in [5, 5.41) is 0. The van der Waals surface area contributed by atoms with Crippen LogP contribution in [0.5, 0.6) is 5.75 Å². The second-order valence-electron chi connectivity index (χ2n) is 6.07. The number of ether oxygens (including phenoxy) is 1. The van der Waals surface area contributed by atoms with Crippen molar-refractivity contribution in [2.75, 3.05) is 6.61 Å². The molecule has 0 amide bonds. The average molecular weight is 438 g/mol. The molecule has 1 aromatic carbocycles. The fourth-order valence-corrected chi connectivity index (χ4v) is 2.92. The van der Waals surface area contributed by atoms with Crippen molar-refractivity contribution in [1.82, 2.24) is 9.97 Å². The monoisotopic (exact) mass is 438 g/mol. The highest BCUT2D eigenvalue weighted by Gasteiger charge is 2.02. The molecule has 0 aliphatic rings. The van der Waals surface area contributed by atoms with Gasteiger partial charge in [0, 0.05) is 9.13 Å². The molecule has 0 saturated heterocycles. The molecule has 0 unspecified atom stereocenters. The van der Waals surface area contributed by atoms with E-state index in [1.165, 1.54) is 48.5 Å². The van der Waals surface area contributed by atoms with Gasteiger partial charge in [0.1, 0.15) is 0 Å². The van der Waals surface area contributed by atoms with E-state index in [0.29, 0.717) is 0 Å². The van der Waals surface area contributed by atoms with Crippen molar-refractivity contribution in [3.63, 3.8) is 0 Å². The van der Waals surface area contributed by atoms with Crippen LogP contribution in [0, 0.1) is 3.57 Å². The van der Waals surface area contributed by atoms with Crippen molar-refractivity contribution < 1.29 is 4.74 Å². The summed E-state index contributed by atoms with van der Waals surface area (Å²) < 4.78 is 6.94. The lowest BCUT2D eigenvalue weighted by Crippen LogP contribution is -1.99. The number of unbranched alkanes of at least 4 members (excludes halogenated alkanes) is 7. The Hall–Kier alpha value is -1.17. The molecule has 0 bridgehead atoms. The summed E-state index contributed by atoms with van der Waals surface area (Å²) in [7, 11) is 0. The molecule has 24 heavy (non-hydrogen) atoms. The molecule has 0 spiro atoms. The largest absolute Gasteiger partial charge is 0.490 e. The minimum absolute atomic E-state index is 0.742. The Morgan fingerprint density at radius 2 is 1.42 bits per heavy atom. The van der Waals surface area contributed by atoms with E-state index < -0.39 is 0 Å². The van der Waals surface area contributed by atoms with Crippen LogP contribution in [-0.4, -0.2) is 16.6 Å². The third-order valence-corrected chi connectivity index (χ3v) is 4.72. The number of nitrogens with zero attached hydrogens (tertiary/aromatic N) is 2. The van der Waals surface area contributed by atoms with Crippen LogP contribution < -0.4 is 4.74 Å². The van der Waals surface area contributed by atoms with Crippen LogP contribution in [0.25, 0.3) is 11.4 Å². The van der Waals surface area contributed by atoms with Gasteiger partial charge in [-0.3, -0.25) is 0 Å². The molecule has 130 valence electrons. The van der Waals surface area contributed by atoms with Gasteiger partial charge in [0.2, 0.25) is 0 Å². The fourth-order valence-electron chi connectivity index (χ4n) is 2.56. The highest BCUT2D eigenvalue weighted by Crippen LogP contribution is 2.18. The predicted molar refractivity (Wildman–Crippen MR) is 108 cm³/mol. The molecule has 1 aromatic heterocycles. The molecule has 0 aliphatic carbocycles. The summed E-state index contributed by atoms with van der Waals surface area (Å²) >= 11 is 2.29. The third-order valence-electron chi connectivity index (χ3n) is 4.00. The zero-order valence-corrected chi connectivity index (χ0v) is 16.7. The standard InChI is InChI=1S/C20H27IN2O/c1-2-3-4-5-6-7-8-9-14-24-19-15-22-20(23-16-19)17-10-12-18(21)13-11-17/h10-13,15-16H,2-9,14H2,1H3. The summed E-state index contributed by atoms with van der Waals surface area (Å²) in [5.41, 5.74) is 1.03. The molecular formula is C20H27IN2O. The molecule has 2 aromatic rings. The normalized spacial score (nSPS) is 10.8. The molecule has 4 heteroatoms. The Labute approximate surface area is 159 Å². The van der Waals surface area contributed by atoms with Gasteiger partial charge in [-0.2, -0.15) is 0 Å². The molecule has 0 fully saturated rings. The maximum atomic E-state index is 5.73. The van der Waals surface area contributed by atoms with Crippen molar-refractivity contribution in [2.24, 2.45) is 0 Å². The fraction of sp³-hybridized carbons (Fsp3) is 0.500. The van der Waals surface area contributed by atoms with E-state index in [0.717, 1.165) is 30.2 Å². The van der Waals surface area contributed by atoms with Gasteiger partial charge >= 0.3 is 0 Å². The van der Waals surface area contributed by atoms with Gasteiger partial charge < -0.3 is 4.74 Å². The maximum Gasteiger partial charge on any atom is 0.159 e. The highest BCUT2D eigenvalue weighted by atomic mass is 127. The number of benzene rings is 1. The Balaban J connectivity index is 1.63.